The zero-order valence-corrected chi connectivity index (χ0v) is 25.1. The summed E-state index contributed by atoms with van der Waals surface area (Å²) in [4.78, 5) is 28.5. The zero-order valence-electron chi connectivity index (χ0n) is 22.8. The summed E-state index contributed by atoms with van der Waals surface area (Å²) < 4.78 is 42.3. The molecule has 7 nitrogen and oxygen atoms in total. The van der Waals surface area contributed by atoms with Crippen LogP contribution in [0.1, 0.15) is 43.7 Å². The van der Waals surface area contributed by atoms with Gasteiger partial charge in [-0.3, -0.25) is 13.9 Å². The van der Waals surface area contributed by atoms with Gasteiger partial charge in [-0.25, -0.2) is 12.8 Å². The van der Waals surface area contributed by atoms with Crippen molar-refractivity contribution >= 4 is 50.7 Å². The highest BCUT2D eigenvalue weighted by molar-refractivity contribution is 7.92. The molecule has 0 aromatic heterocycles. The Hall–Kier alpha value is -3.14. The lowest BCUT2D eigenvalue weighted by atomic mass is 10.1. The minimum Gasteiger partial charge on any atom is -0.352 e. The number of hydrogen-bond donors (Lipinski definition) is 1. The molecule has 1 aliphatic rings. The van der Waals surface area contributed by atoms with Gasteiger partial charge in [-0.1, -0.05) is 59.8 Å². The normalized spacial score (nSPS) is 14.5. The van der Waals surface area contributed by atoms with E-state index in [9.17, 15) is 22.4 Å². The van der Waals surface area contributed by atoms with Crippen molar-refractivity contribution in [1.29, 1.82) is 0 Å². The Morgan fingerprint density at radius 2 is 1.61 bits per heavy atom. The van der Waals surface area contributed by atoms with Gasteiger partial charge in [0.15, 0.2) is 0 Å². The second kappa shape index (κ2) is 13.2. The molecule has 1 fully saturated rings. The summed E-state index contributed by atoms with van der Waals surface area (Å²) in [5.41, 5.74) is 1.59. The van der Waals surface area contributed by atoms with Crippen LogP contribution < -0.4 is 9.62 Å². The van der Waals surface area contributed by atoms with E-state index in [1.807, 2.05) is 6.92 Å². The molecule has 1 aliphatic carbocycles. The van der Waals surface area contributed by atoms with Gasteiger partial charge in [0.2, 0.25) is 11.8 Å². The number of rotatable bonds is 10. The standard InChI is InChI=1S/C30H32Cl2FN3O4S/c1-20-7-14-26(15-8-20)41(39,40)36(25-12-10-23(33)11-13-25)19-29(37)35(18-22-9-16-27(31)28(32)17-22)21(2)30(38)34-24-5-3-4-6-24/h7-17,21,24H,3-6,18-19H2,1-2H3,(H,34,38). The molecule has 218 valence electrons. The molecule has 2 amide bonds. The number of aryl methyl sites for hydroxylation is 1. The van der Waals surface area contributed by atoms with Crippen LogP contribution in [0.3, 0.4) is 0 Å². The van der Waals surface area contributed by atoms with Crippen LogP contribution >= 0.6 is 23.2 Å². The van der Waals surface area contributed by atoms with E-state index in [0.717, 1.165) is 47.7 Å². The Balaban J connectivity index is 1.69. The van der Waals surface area contributed by atoms with Crippen LogP contribution in [0.2, 0.25) is 10.0 Å². The SMILES string of the molecule is Cc1ccc(S(=O)(=O)N(CC(=O)N(Cc2ccc(Cl)c(Cl)c2)C(C)C(=O)NC2CCCC2)c2ccc(F)cc2)cc1. The highest BCUT2D eigenvalue weighted by Gasteiger charge is 2.33. The minimum atomic E-state index is -4.24. The maximum absolute atomic E-state index is 14.0. The molecule has 1 N–H and O–H groups in total. The molecular weight excluding hydrogens is 588 g/mol. The minimum absolute atomic E-state index is 0.0171. The van der Waals surface area contributed by atoms with Crippen LogP contribution in [-0.2, 0) is 26.2 Å². The summed E-state index contributed by atoms with van der Waals surface area (Å²) in [5.74, 6) is -1.50. The summed E-state index contributed by atoms with van der Waals surface area (Å²) in [7, 11) is -4.24. The van der Waals surface area contributed by atoms with E-state index in [1.54, 1.807) is 37.3 Å². The monoisotopic (exact) mass is 619 g/mol. The number of amides is 2. The lowest BCUT2D eigenvalue weighted by Gasteiger charge is -2.32. The molecule has 0 bridgehead atoms. The van der Waals surface area contributed by atoms with E-state index < -0.39 is 34.3 Å². The van der Waals surface area contributed by atoms with Gasteiger partial charge in [0.25, 0.3) is 10.0 Å². The van der Waals surface area contributed by atoms with E-state index in [4.69, 9.17) is 23.2 Å². The summed E-state index contributed by atoms with van der Waals surface area (Å²) in [6.45, 7) is 2.80. The Morgan fingerprint density at radius 3 is 2.22 bits per heavy atom. The van der Waals surface area contributed by atoms with Gasteiger partial charge < -0.3 is 10.2 Å². The number of anilines is 1. The molecule has 4 rings (SSSR count). The molecule has 0 saturated heterocycles. The highest BCUT2D eigenvalue weighted by Crippen LogP contribution is 2.27. The van der Waals surface area contributed by atoms with Crippen molar-refractivity contribution in [3.05, 3.63) is 93.7 Å². The molecule has 3 aromatic carbocycles. The molecule has 0 radical (unpaired) electrons. The average molecular weight is 621 g/mol. The summed E-state index contributed by atoms with van der Waals surface area (Å²) in [6, 6.07) is 15.1. The van der Waals surface area contributed by atoms with Gasteiger partial charge in [0.1, 0.15) is 18.4 Å². The topological polar surface area (TPSA) is 86.8 Å². The van der Waals surface area contributed by atoms with E-state index in [-0.39, 0.29) is 34.1 Å². The maximum atomic E-state index is 14.0. The van der Waals surface area contributed by atoms with Crippen LogP contribution in [0.5, 0.6) is 0 Å². The average Bonchev–Trinajstić information content (AvgIpc) is 3.45. The number of carbonyl (C=O) groups is 2. The van der Waals surface area contributed by atoms with Gasteiger partial charge in [-0.15, -0.1) is 0 Å². The van der Waals surface area contributed by atoms with E-state index in [2.05, 4.69) is 5.32 Å². The number of carbonyl (C=O) groups excluding carboxylic acids is 2. The third-order valence-corrected chi connectivity index (χ3v) is 9.74. The number of benzene rings is 3. The number of sulfonamides is 1. The first-order valence-corrected chi connectivity index (χ1v) is 15.5. The van der Waals surface area contributed by atoms with Crippen LogP contribution in [0, 0.1) is 12.7 Å². The fourth-order valence-electron chi connectivity index (χ4n) is 4.78. The summed E-state index contributed by atoms with van der Waals surface area (Å²) in [5, 5.41) is 3.65. The summed E-state index contributed by atoms with van der Waals surface area (Å²) >= 11 is 12.3. The van der Waals surface area contributed by atoms with Crippen molar-refractivity contribution in [3.8, 4) is 0 Å². The smallest absolute Gasteiger partial charge is 0.264 e. The van der Waals surface area contributed by atoms with Crippen molar-refractivity contribution in [1.82, 2.24) is 10.2 Å². The Labute approximate surface area is 250 Å². The number of nitrogens with zero attached hydrogens (tertiary/aromatic N) is 2. The second-order valence-electron chi connectivity index (χ2n) is 10.2. The van der Waals surface area contributed by atoms with Gasteiger partial charge in [-0.2, -0.15) is 0 Å². The predicted molar refractivity (Wildman–Crippen MR) is 159 cm³/mol. The third-order valence-electron chi connectivity index (χ3n) is 7.21. The van der Waals surface area contributed by atoms with Gasteiger partial charge in [0.05, 0.1) is 20.6 Å². The van der Waals surface area contributed by atoms with Gasteiger partial charge >= 0.3 is 0 Å². The zero-order chi connectivity index (χ0) is 29.7. The van der Waals surface area contributed by atoms with Crippen LogP contribution in [0.4, 0.5) is 10.1 Å². The Morgan fingerprint density at radius 1 is 0.976 bits per heavy atom. The molecule has 3 aromatic rings. The molecule has 41 heavy (non-hydrogen) atoms. The second-order valence-corrected chi connectivity index (χ2v) is 12.9. The first kappa shape index (κ1) is 30.8. The Bertz CT molecular complexity index is 1500. The van der Waals surface area contributed by atoms with Crippen molar-refractivity contribution in [2.75, 3.05) is 10.8 Å². The lowest BCUT2D eigenvalue weighted by Crippen LogP contribution is -2.52. The molecule has 11 heteroatoms. The maximum Gasteiger partial charge on any atom is 0.264 e. The largest absolute Gasteiger partial charge is 0.352 e. The molecule has 0 spiro atoms. The first-order valence-electron chi connectivity index (χ1n) is 13.3. The van der Waals surface area contributed by atoms with E-state index in [1.165, 1.54) is 29.2 Å². The quantitative estimate of drug-likeness (QED) is 0.296. The van der Waals surface area contributed by atoms with Gasteiger partial charge in [0, 0.05) is 12.6 Å². The van der Waals surface area contributed by atoms with Crippen LogP contribution in [0.25, 0.3) is 0 Å². The molecule has 0 aliphatic heterocycles. The highest BCUT2D eigenvalue weighted by atomic mass is 35.5. The number of hydrogen-bond acceptors (Lipinski definition) is 4. The fraction of sp³-hybridized carbons (Fsp3) is 0.333. The van der Waals surface area contributed by atoms with Crippen molar-refractivity contribution < 1.29 is 22.4 Å². The number of halogens is 3. The number of nitrogens with one attached hydrogen (secondary N) is 1. The first-order chi connectivity index (χ1) is 19.5. The fourth-order valence-corrected chi connectivity index (χ4v) is 6.52. The molecule has 1 saturated carbocycles. The summed E-state index contributed by atoms with van der Waals surface area (Å²) in [6.07, 6.45) is 3.78. The predicted octanol–water partition coefficient (Wildman–Crippen LogP) is 6.11. The third kappa shape index (κ3) is 7.58. The lowest BCUT2D eigenvalue weighted by molar-refractivity contribution is -0.139. The molecule has 1 unspecified atom stereocenters. The molecular formula is C30H32Cl2FN3O4S. The van der Waals surface area contributed by atoms with Gasteiger partial charge in [-0.05, 0) is 80.8 Å². The van der Waals surface area contributed by atoms with Crippen LogP contribution in [0.15, 0.2) is 71.6 Å². The van der Waals surface area contributed by atoms with Crippen molar-refractivity contribution in [3.63, 3.8) is 0 Å². The van der Waals surface area contributed by atoms with Crippen LogP contribution in [-0.4, -0.2) is 43.8 Å². The van der Waals surface area contributed by atoms with Crippen molar-refractivity contribution in [2.24, 2.45) is 0 Å². The Kier molecular flexibility index (Phi) is 9.94. The van der Waals surface area contributed by atoms with E-state index >= 15 is 0 Å². The van der Waals surface area contributed by atoms with E-state index in [0.29, 0.717) is 10.6 Å². The molecule has 1 atom stereocenters. The van der Waals surface area contributed by atoms with Crippen molar-refractivity contribution in [2.45, 2.75) is 63.1 Å². The molecule has 0 heterocycles.